The quantitative estimate of drug-likeness (QED) is 0.853. The third kappa shape index (κ3) is 3.71. The van der Waals surface area contributed by atoms with E-state index >= 15 is 0 Å². The van der Waals surface area contributed by atoms with Crippen LogP contribution in [0.3, 0.4) is 0 Å². The largest absolute Gasteiger partial charge is 0.497 e. The molecule has 0 bridgehead atoms. The molecule has 3 heteroatoms. The molecule has 0 fully saturated rings. The Morgan fingerprint density at radius 3 is 3.00 bits per heavy atom. The number of methoxy groups -OCH3 is 1. The number of nitrogens with zero attached hydrogens (tertiary/aromatic N) is 1. The van der Waals surface area contributed by atoms with Gasteiger partial charge in [0.05, 0.1) is 7.11 Å². The van der Waals surface area contributed by atoms with Crippen LogP contribution < -0.4 is 10.1 Å². The molecule has 1 atom stereocenters. The van der Waals surface area contributed by atoms with Gasteiger partial charge in [-0.1, -0.05) is 13.0 Å². The van der Waals surface area contributed by atoms with Crippen LogP contribution in [0, 0.1) is 0 Å². The summed E-state index contributed by atoms with van der Waals surface area (Å²) in [5.74, 6) is 0.970. The highest BCUT2D eigenvalue weighted by molar-refractivity contribution is 5.39. The van der Waals surface area contributed by atoms with Crippen LogP contribution in [0.4, 0.5) is 0 Å². The first-order valence-corrected chi connectivity index (χ1v) is 7.33. The molecule has 1 aromatic carbocycles. The number of fused-ring (bicyclic) bond motifs is 1. The molecule has 3 nitrogen and oxygen atoms in total. The SMILES string of the molecule is CCN(C)CCNC1CCCc2ccc(OC)cc21. The molecule has 1 aromatic rings. The Balaban J connectivity index is 2.00. The van der Waals surface area contributed by atoms with Gasteiger partial charge in [-0.15, -0.1) is 0 Å². The summed E-state index contributed by atoms with van der Waals surface area (Å²) < 4.78 is 5.35. The lowest BCUT2D eigenvalue weighted by Gasteiger charge is -2.27. The van der Waals surface area contributed by atoms with Crippen LogP contribution in [-0.2, 0) is 6.42 Å². The van der Waals surface area contributed by atoms with Gasteiger partial charge in [-0.05, 0) is 56.1 Å². The van der Waals surface area contributed by atoms with E-state index in [1.807, 2.05) is 0 Å². The zero-order chi connectivity index (χ0) is 13.7. The zero-order valence-corrected chi connectivity index (χ0v) is 12.4. The molecule has 0 heterocycles. The summed E-state index contributed by atoms with van der Waals surface area (Å²) in [6, 6.07) is 6.99. The summed E-state index contributed by atoms with van der Waals surface area (Å²) in [5.41, 5.74) is 2.91. The molecule has 1 unspecified atom stereocenters. The van der Waals surface area contributed by atoms with E-state index in [-0.39, 0.29) is 0 Å². The number of hydrogen-bond acceptors (Lipinski definition) is 3. The minimum absolute atomic E-state index is 0.490. The van der Waals surface area contributed by atoms with Crippen LogP contribution in [0.5, 0.6) is 5.75 Å². The number of likely N-dealkylation sites (N-methyl/N-ethyl adjacent to an activating group) is 1. The van der Waals surface area contributed by atoms with Gasteiger partial charge in [0.15, 0.2) is 0 Å². The van der Waals surface area contributed by atoms with Gasteiger partial charge in [0.25, 0.3) is 0 Å². The summed E-state index contributed by atoms with van der Waals surface area (Å²) in [7, 11) is 3.91. The number of rotatable bonds is 6. The van der Waals surface area contributed by atoms with Crippen molar-refractivity contribution in [2.75, 3.05) is 33.8 Å². The maximum Gasteiger partial charge on any atom is 0.119 e. The number of ether oxygens (including phenoxy) is 1. The number of hydrogen-bond donors (Lipinski definition) is 1. The first-order chi connectivity index (χ1) is 9.24. The minimum Gasteiger partial charge on any atom is -0.497 e. The van der Waals surface area contributed by atoms with Crippen LogP contribution in [0.15, 0.2) is 18.2 Å². The summed E-state index contributed by atoms with van der Waals surface area (Å²) in [6.45, 7) is 5.45. The van der Waals surface area contributed by atoms with Crippen LogP contribution in [-0.4, -0.2) is 38.7 Å². The van der Waals surface area contributed by atoms with Gasteiger partial charge in [0.2, 0.25) is 0 Å². The predicted octanol–water partition coefficient (Wildman–Crippen LogP) is 2.61. The van der Waals surface area contributed by atoms with Crippen LogP contribution in [0.2, 0.25) is 0 Å². The Kier molecular flexibility index (Phi) is 5.23. The molecule has 0 saturated carbocycles. The fraction of sp³-hybridized carbons (Fsp3) is 0.625. The lowest BCUT2D eigenvalue weighted by Crippen LogP contribution is -2.33. The van der Waals surface area contributed by atoms with Gasteiger partial charge in [0.1, 0.15) is 5.75 Å². The van der Waals surface area contributed by atoms with Crippen molar-refractivity contribution in [2.24, 2.45) is 0 Å². The summed E-state index contributed by atoms with van der Waals surface area (Å²) in [5, 5.41) is 3.70. The second-order valence-electron chi connectivity index (χ2n) is 5.36. The third-order valence-corrected chi connectivity index (χ3v) is 4.09. The van der Waals surface area contributed by atoms with E-state index in [0.29, 0.717) is 6.04 Å². The average Bonchev–Trinajstić information content (AvgIpc) is 2.46. The van der Waals surface area contributed by atoms with Gasteiger partial charge >= 0.3 is 0 Å². The molecule has 0 amide bonds. The Morgan fingerprint density at radius 1 is 1.42 bits per heavy atom. The lowest BCUT2D eigenvalue weighted by atomic mass is 9.87. The van der Waals surface area contributed by atoms with Crippen molar-refractivity contribution in [3.63, 3.8) is 0 Å². The summed E-state index contributed by atoms with van der Waals surface area (Å²) in [4.78, 5) is 2.34. The first-order valence-electron chi connectivity index (χ1n) is 7.33. The Labute approximate surface area is 116 Å². The van der Waals surface area contributed by atoms with Gasteiger partial charge in [-0.2, -0.15) is 0 Å². The second kappa shape index (κ2) is 6.92. The summed E-state index contributed by atoms with van der Waals surface area (Å²) in [6.07, 6.45) is 3.71. The standard InChI is InChI=1S/C16H26N2O/c1-4-18(2)11-10-17-16-7-5-6-13-8-9-14(19-3)12-15(13)16/h8-9,12,16-17H,4-7,10-11H2,1-3H3. The van der Waals surface area contributed by atoms with Crippen LogP contribution in [0.1, 0.15) is 36.9 Å². The third-order valence-electron chi connectivity index (χ3n) is 4.09. The highest BCUT2D eigenvalue weighted by atomic mass is 16.5. The van der Waals surface area contributed by atoms with E-state index in [0.717, 1.165) is 25.4 Å². The Morgan fingerprint density at radius 2 is 2.26 bits per heavy atom. The van der Waals surface area contributed by atoms with Crippen molar-refractivity contribution in [2.45, 2.75) is 32.2 Å². The van der Waals surface area contributed by atoms with Crippen molar-refractivity contribution in [3.05, 3.63) is 29.3 Å². The van der Waals surface area contributed by atoms with Crippen LogP contribution >= 0.6 is 0 Å². The number of aryl methyl sites for hydroxylation is 1. The van der Waals surface area contributed by atoms with Gasteiger partial charge in [-0.25, -0.2) is 0 Å². The number of nitrogens with one attached hydrogen (secondary N) is 1. The fourth-order valence-corrected chi connectivity index (χ4v) is 2.70. The minimum atomic E-state index is 0.490. The molecular weight excluding hydrogens is 236 g/mol. The molecule has 0 aromatic heterocycles. The van der Waals surface area contributed by atoms with Gasteiger partial charge in [-0.3, -0.25) is 0 Å². The van der Waals surface area contributed by atoms with E-state index in [2.05, 4.69) is 42.4 Å². The smallest absolute Gasteiger partial charge is 0.119 e. The highest BCUT2D eigenvalue weighted by Crippen LogP contribution is 2.32. The molecule has 1 aliphatic carbocycles. The van der Waals surface area contributed by atoms with E-state index in [1.54, 1.807) is 7.11 Å². The topological polar surface area (TPSA) is 24.5 Å². The predicted molar refractivity (Wildman–Crippen MR) is 79.8 cm³/mol. The zero-order valence-electron chi connectivity index (χ0n) is 12.4. The Hall–Kier alpha value is -1.06. The lowest BCUT2D eigenvalue weighted by molar-refractivity contribution is 0.333. The molecule has 0 saturated heterocycles. The average molecular weight is 262 g/mol. The Bertz CT molecular complexity index is 406. The van der Waals surface area contributed by atoms with Crippen molar-refractivity contribution in [1.82, 2.24) is 10.2 Å². The highest BCUT2D eigenvalue weighted by Gasteiger charge is 2.20. The van der Waals surface area contributed by atoms with E-state index in [4.69, 9.17) is 4.74 Å². The molecule has 0 aliphatic heterocycles. The summed E-state index contributed by atoms with van der Waals surface area (Å²) >= 11 is 0. The maximum atomic E-state index is 5.35. The van der Waals surface area contributed by atoms with E-state index in [1.165, 1.54) is 30.4 Å². The van der Waals surface area contributed by atoms with E-state index < -0.39 is 0 Å². The normalized spacial score (nSPS) is 18.4. The van der Waals surface area contributed by atoms with Gasteiger partial charge < -0.3 is 15.0 Å². The molecule has 1 aliphatic rings. The molecule has 106 valence electrons. The molecular formula is C16H26N2O. The van der Waals surface area contributed by atoms with Gasteiger partial charge in [0, 0.05) is 19.1 Å². The van der Waals surface area contributed by atoms with E-state index in [9.17, 15) is 0 Å². The fourth-order valence-electron chi connectivity index (χ4n) is 2.70. The molecule has 1 N–H and O–H groups in total. The molecule has 0 spiro atoms. The first kappa shape index (κ1) is 14.4. The monoisotopic (exact) mass is 262 g/mol. The van der Waals surface area contributed by atoms with Crippen molar-refractivity contribution in [1.29, 1.82) is 0 Å². The van der Waals surface area contributed by atoms with Crippen molar-refractivity contribution >= 4 is 0 Å². The molecule has 19 heavy (non-hydrogen) atoms. The van der Waals surface area contributed by atoms with Crippen LogP contribution in [0.25, 0.3) is 0 Å². The maximum absolute atomic E-state index is 5.35. The van der Waals surface area contributed by atoms with Crippen molar-refractivity contribution in [3.8, 4) is 5.75 Å². The van der Waals surface area contributed by atoms with Crippen molar-refractivity contribution < 1.29 is 4.74 Å². The second-order valence-corrected chi connectivity index (χ2v) is 5.36. The number of benzene rings is 1. The molecule has 2 rings (SSSR count). The molecule has 0 radical (unpaired) electrons.